The van der Waals surface area contributed by atoms with Gasteiger partial charge in [0.15, 0.2) is 11.0 Å². The van der Waals surface area contributed by atoms with E-state index in [2.05, 4.69) is 53.3 Å². The molecule has 1 amide bonds. The number of rotatable bonds is 6. The number of likely N-dealkylation sites (tertiary alicyclic amines) is 1. The highest BCUT2D eigenvalue weighted by Crippen LogP contribution is 2.28. The summed E-state index contributed by atoms with van der Waals surface area (Å²) < 4.78 is 2.03. The number of benzene rings is 1. The molecule has 6 nitrogen and oxygen atoms in total. The molecule has 0 spiro atoms. The van der Waals surface area contributed by atoms with Gasteiger partial charge in [0.25, 0.3) is 0 Å². The molecule has 0 bridgehead atoms. The summed E-state index contributed by atoms with van der Waals surface area (Å²) in [7, 11) is 0. The van der Waals surface area contributed by atoms with E-state index in [1.54, 1.807) is 12.4 Å². The topological polar surface area (TPSA) is 63.9 Å². The van der Waals surface area contributed by atoms with Crippen molar-refractivity contribution in [3.63, 3.8) is 0 Å². The Bertz CT molecular complexity index is 987. The summed E-state index contributed by atoms with van der Waals surface area (Å²) in [5, 5.41) is 9.61. The zero-order valence-corrected chi connectivity index (χ0v) is 18.3. The third-order valence-corrected chi connectivity index (χ3v) is 6.54. The lowest BCUT2D eigenvalue weighted by atomic mass is 10.0. The first-order valence-corrected chi connectivity index (χ1v) is 11.5. The molecule has 3 aromatic rings. The second kappa shape index (κ2) is 9.43. The zero-order valence-electron chi connectivity index (χ0n) is 17.5. The van der Waals surface area contributed by atoms with Gasteiger partial charge in [-0.15, -0.1) is 10.2 Å². The largest absolute Gasteiger partial charge is 0.339 e. The number of carbonyl (C=O) groups excluding carboxylic acids is 1. The van der Waals surface area contributed by atoms with Gasteiger partial charge in [0.05, 0.1) is 5.75 Å². The number of aryl methyl sites for hydroxylation is 1. The number of pyridine rings is 1. The van der Waals surface area contributed by atoms with Crippen LogP contribution in [0.5, 0.6) is 0 Å². The quantitative estimate of drug-likeness (QED) is 0.553. The minimum Gasteiger partial charge on any atom is -0.339 e. The molecule has 0 N–H and O–H groups in total. The second-order valence-corrected chi connectivity index (χ2v) is 8.56. The summed E-state index contributed by atoms with van der Waals surface area (Å²) >= 11 is 1.45. The lowest BCUT2D eigenvalue weighted by Gasteiger charge is -2.33. The molecular formula is C23H27N5OS. The Morgan fingerprint density at radius 3 is 2.57 bits per heavy atom. The van der Waals surface area contributed by atoms with E-state index in [-0.39, 0.29) is 5.91 Å². The second-order valence-electron chi connectivity index (χ2n) is 7.62. The van der Waals surface area contributed by atoms with Crippen LogP contribution in [0, 0.1) is 0 Å². The van der Waals surface area contributed by atoms with Gasteiger partial charge in [-0.3, -0.25) is 14.3 Å². The van der Waals surface area contributed by atoms with Gasteiger partial charge in [0.2, 0.25) is 5.91 Å². The predicted molar refractivity (Wildman–Crippen MR) is 120 cm³/mol. The van der Waals surface area contributed by atoms with Crippen LogP contribution < -0.4 is 0 Å². The summed E-state index contributed by atoms with van der Waals surface area (Å²) in [4.78, 5) is 18.9. The SMILES string of the molecule is CCc1ccc(-n2c(SCC(=O)N3CCCC[C@@H]3C)nnc2-c2ccncc2)cc1. The highest BCUT2D eigenvalue weighted by atomic mass is 32.2. The maximum atomic E-state index is 12.8. The monoisotopic (exact) mass is 421 g/mol. The van der Waals surface area contributed by atoms with Gasteiger partial charge < -0.3 is 4.90 Å². The molecule has 3 heterocycles. The van der Waals surface area contributed by atoms with Gasteiger partial charge in [0.1, 0.15) is 0 Å². The van der Waals surface area contributed by atoms with Crippen molar-refractivity contribution in [3.8, 4) is 17.1 Å². The molecule has 0 saturated carbocycles. The molecule has 1 atom stereocenters. The van der Waals surface area contributed by atoms with Crippen molar-refractivity contribution < 1.29 is 4.79 Å². The molecular weight excluding hydrogens is 394 g/mol. The molecule has 1 aromatic carbocycles. The van der Waals surface area contributed by atoms with Crippen LogP contribution in [0.25, 0.3) is 17.1 Å². The molecule has 0 unspecified atom stereocenters. The van der Waals surface area contributed by atoms with Crippen LogP contribution in [0.3, 0.4) is 0 Å². The summed E-state index contributed by atoms with van der Waals surface area (Å²) in [5.74, 6) is 1.29. The average Bonchev–Trinajstić information content (AvgIpc) is 3.22. The fraction of sp³-hybridized carbons (Fsp3) is 0.391. The van der Waals surface area contributed by atoms with Gasteiger partial charge in [0, 0.05) is 36.2 Å². The molecule has 1 aliphatic rings. The summed E-state index contributed by atoms with van der Waals surface area (Å²) in [6.07, 6.45) is 7.87. The van der Waals surface area contributed by atoms with Crippen molar-refractivity contribution in [1.82, 2.24) is 24.6 Å². The van der Waals surface area contributed by atoms with Crippen molar-refractivity contribution >= 4 is 17.7 Å². The minimum absolute atomic E-state index is 0.175. The van der Waals surface area contributed by atoms with Crippen LogP contribution in [0.4, 0.5) is 0 Å². The number of piperidine rings is 1. The Hall–Kier alpha value is -2.67. The lowest BCUT2D eigenvalue weighted by molar-refractivity contribution is -0.131. The van der Waals surface area contributed by atoms with E-state index in [1.165, 1.54) is 23.7 Å². The van der Waals surface area contributed by atoms with E-state index < -0.39 is 0 Å². The summed E-state index contributed by atoms with van der Waals surface area (Å²) in [6, 6.07) is 12.6. The number of amides is 1. The molecule has 1 fully saturated rings. The number of hydrogen-bond acceptors (Lipinski definition) is 5. The number of carbonyl (C=O) groups is 1. The van der Waals surface area contributed by atoms with Gasteiger partial charge in [-0.1, -0.05) is 30.8 Å². The molecule has 1 aliphatic heterocycles. The van der Waals surface area contributed by atoms with Crippen LogP contribution in [0.15, 0.2) is 53.9 Å². The van der Waals surface area contributed by atoms with Gasteiger partial charge in [-0.2, -0.15) is 0 Å². The van der Waals surface area contributed by atoms with Crippen molar-refractivity contribution in [2.45, 2.75) is 50.7 Å². The molecule has 4 rings (SSSR count). The van der Waals surface area contributed by atoms with E-state index >= 15 is 0 Å². The van der Waals surface area contributed by atoms with Crippen LogP contribution in [0.1, 0.15) is 38.7 Å². The first kappa shape index (κ1) is 20.6. The van der Waals surface area contributed by atoms with Crippen molar-refractivity contribution in [2.24, 2.45) is 0 Å². The van der Waals surface area contributed by atoms with E-state index in [0.29, 0.717) is 11.8 Å². The first-order chi connectivity index (χ1) is 14.7. The Balaban J connectivity index is 1.62. The normalized spacial score (nSPS) is 16.6. The fourth-order valence-corrected chi connectivity index (χ4v) is 4.68. The number of nitrogens with zero attached hydrogens (tertiary/aromatic N) is 5. The molecule has 1 saturated heterocycles. The van der Waals surface area contributed by atoms with Crippen LogP contribution in [-0.4, -0.2) is 48.9 Å². The Kier molecular flexibility index (Phi) is 6.47. The summed E-state index contributed by atoms with van der Waals surface area (Å²) in [5.41, 5.74) is 3.21. The van der Waals surface area contributed by atoms with Crippen LogP contribution >= 0.6 is 11.8 Å². The highest BCUT2D eigenvalue weighted by molar-refractivity contribution is 7.99. The summed E-state index contributed by atoms with van der Waals surface area (Å²) in [6.45, 7) is 5.14. The zero-order chi connectivity index (χ0) is 20.9. The van der Waals surface area contributed by atoms with Crippen molar-refractivity contribution in [1.29, 1.82) is 0 Å². The lowest BCUT2D eigenvalue weighted by Crippen LogP contribution is -2.42. The Labute approximate surface area is 181 Å². The van der Waals surface area contributed by atoms with E-state index in [4.69, 9.17) is 0 Å². The molecule has 30 heavy (non-hydrogen) atoms. The van der Waals surface area contributed by atoms with E-state index in [9.17, 15) is 4.79 Å². The molecule has 0 radical (unpaired) electrons. The molecule has 156 valence electrons. The van der Waals surface area contributed by atoms with Crippen LogP contribution in [-0.2, 0) is 11.2 Å². The van der Waals surface area contributed by atoms with Gasteiger partial charge >= 0.3 is 0 Å². The smallest absolute Gasteiger partial charge is 0.233 e. The third kappa shape index (κ3) is 4.41. The van der Waals surface area contributed by atoms with Crippen molar-refractivity contribution in [2.75, 3.05) is 12.3 Å². The van der Waals surface area contributed by atoms with E-state index in [0.717, 1.165) is 48.0 Å². The predicted octanol–water partition coefficient (Wildman–Crippen LogP) is 4.38. The highest BCUT2D eigenvalue weighted by Gasteiger charge is 2.24. The van der Waals surface area contributed by atoms with Gasteiger partial charge in [-0.05, 0) is 62.4 Å². The Morgan fingerprint density at radius 2 is 1.87 bits per heavy atom. The van der Waals surface area contributed by atoms with Crippen molar-refractivity contribution in [3.05, 3.63) is 54.4 Å². The maximum Gasteiger partial charge on any atom is 0.233 e. The molecule has 0 aliphatic carbocycles. The Morgan fingerprint density at radius 1 is 1.10 bits per heavy atom. The van der Waals surface area contributed by atoms with Crippen LogP contribution in [0.2, 0.25) is 0 Å². The minimum atomic E-state index is 0.175. The number of hydrogen-bond donors (Lipinski definition) is 0. The number of aromatic nitrogens is 4. The first-order valence-electron chi connectivity index (χ1n) is 10.5. The molecule has 2 aromatic heterocycles. The third-order valence-electron chi connectivity index (χ3n) is 5.62. The number of thioether (sulfide) groups is 1. The fourth-order valence-electron chi connectivity index (χ4n) is 3.84. The van der Waals surface area contributed by atoms with Gasteiger partial charge in [-0.25, -0.2) is 0 Å². The van der Waals surface area contributed by atoms with E-state index in [1.807, 2.05) is 21.6 Å². The standard InChI is InChI=1S/C23H27N5OS/c1-3-18-7-9-20(10-8-18)28-22(19-11-13-24-14-12-19)25-26-23(28)30-16-21(29)27-15-5-4-6-17(27)2/h7-14,17H,3-6,15-16H2,1-2H3/t17-/m0/s1. The average molecular weight is 422 g/mol. The molecule has 7 heteroatoms. The maximum absolute atomic E-state index is 12.8.